The molecule has 0 saturated heterocycles. The Morgan fingerprint density at radius 1 is 1.20 bits per heavy atom. The lowest BCUT2D eigenvalue weighted by atomic mass is 10.1. The standard InChI is InChI=1S/C13H14BrClN4O/c1-4-20-13-18-11(15)17-12(19-13)16-9-5-7(2)10(14)8(3)6-9/h5-6H,4H2,1-3H3,(H,16,17,18,19). The van der Waals surface area contributed by atoms with Gasteiger partial charge in [0.05, 0.1) is 6.61 Å². The van der Waals surface area contributed by atoms with Crippen LogP contribution >= 0.6 is 27.5 Å². The Hall–Kier alpha value is -1.40. The number of ether oxygens (including phenoxy) is 1. The van der Waals surface area contributed by atoms with Crippen LogP contribution in [0, 0.1) is 13.8 Å². The van der Waals surface area contributed by atoms with Gasteiger partial charge in [-0.05, 0) is 55.6 Å². The lowest BCUT2D eigenvalue weighted by molar-refractivity contribution is 0.312. The minimum atomic E-state index is 0.0940. The number of halogens is 2. The summed E-state index contributed by atoms with van der Waals surface area (Å²) >= 11 is 9.38. The summed E-state index contributed by atoms with van der Waals surface area (Å²) in [6.07, 6.45) is 0. The summed E-state index contributed by atoms with van der Waals surface area (Å²) in [5.74, 6) is 0.356. The molecule has 0 unspecified atom stereocenters. The third-order valence-corrected chi connectivity index (χ3v) is 3.97. The second kappa shape index (κ2) is 6.37. The van der Waals surface area contributed by atoms with Gasteiger partial charge in [0.15, 0.2) is 0 Å². The van der Waals surface area contributed by atoms with Crippen molar-refractivity contribution in [3.05, 3.63) is 33.0 Å². The molecular weight excluding hydrogens is 344 g/mol. The first-order chi connectivity index (χ1) is 9.49. The Morgan fingerprint density at radius 3 is 2.45 bits per heavy atom. The fourth-order valence-electron chi connectivity index (χ4n) is 1.73. The molecule has 7 heteroatoms. The van der Waals surface area contributed by atoms with Gasteiger partial charge in [0.25, 0.3) is 0 Å². The highest BCUT2D eigenvalue weighted by atomic mass is 79.9. The van der Waals surface area contributed by atoms with Gasteiger partial charge in [-0.25, -0.2) is 0 Å². The molecule has 0 fully saturated rings. The molecule has 2 rings (SSSR count). The van der Waals surface area contributed by atoms with Crippen LogP contribution in [0.4, 0.5) is 11.6 Å². The van der Waals surface area contributed by atoms with E-state index in [-0.39, 0.29) is 11.3 Å². The molecule has 106 valence electrons. The van der Waals surface area contributed by atoms with Crippen molar-refractivity contribution in [2.45, 2.75) is 20.8 Å². The molecule has 0 aliphatic rings. The molecule has 1 aromatic heterocycles. The predicted octanol–water partition coefficient (Wildman–Crippen LogP) is 4.05. The molecule has 0 aliphatic carbocycles. The lowest BCUT2D eigenvalue weighted by Crippen LogP contribution is -2.04. The Morgan fingerprint density at radius 2 is 1.85 bits per heavy atom. The molecule has 0 aliphatic heterocycles. The van der Waals surface area contributed by atoms with Crippen LogP contribution in [0.25, 0.3) is 0 Å². The fourth-order valence-corrected chi connectivity index (χ4v) is 2.11. The van der Waals surface area contributed by atoms with E-state index in [2.05, 4.69) is 36.2 Å². The summed E-state index contributed by atoms with van der Waals surface area (Å²) < 4.78 is 6.33. The second-order valence-electron chi connectivity index (χ2n) is 4.19. The zero-order valence-corrected chi connectivity index (χ0v) is 13.7. The summed E-state index contributed by atoms with van der Waals surface area (Å²) in [7, 11) is 0. The van der Waals surface area contributed by atoms with Crippen LogP contribution in [0.3, 0.4) is 0 Å². The van der Waals surface area contributed by atoms with Crippen LogP contribution in [0.15, 0.2) is 16.6 Å². The number of hydrogen-bond donors (Lipinski definition) is 1. The average Bonchev–Trinajstić information content (AvgIpc) is 2.35. The first-order valence-electron chi connectivity index (χ1n) is 6.07. The first kappa shape index (κ1) is 15.0. The van der Waals surface area contributed by atoms with Crippen LogP contribution in [0.5, 0.6) is 6.01 Å². The molecule has 0 amide bonds. The maximum absolute atomic E-state index is 5.85. The third kappa shape index (κ3) is 3.58. The fraction of sp³-hybridized carbons (Fsp3) is 0.308. The highest BCUT2D eigenvalue weighted by Crippen LogP contribution is 2.26. The number of nitrogens with zero attached hydrogens (tertiary/aromatic N) is 3. The first-order valence-corrected chi connectivity index (χ1v) is 7.25. The number of anilines is 2. The number of benzene rings is 1. The van der Waals surface area contributed by atoms with Gasteiger partial charge in [0, 0.05) is 10.2 Å². The largest absolute Gasteiger partial charge is 0.464 e. The molecule has 0 spiro atoms. The van der Waals surface area contributed by atoms with E-state index < -0.39 is 0 Å². The summed E-state index contributed by atoms with van der Waals surface area (Å²) in [6.45, 7) is 6.37. The van der Waals surface area contributed by atoms with Gasteiger partial charge in [-0.2, -0.15) is 15.0 Å². The van der Waals surface area contributed by atoms with Gasteiger partial charge >= 0.3 is 6.01 Å². The summed E-state index contributed by atoms with van der Waals surface area (Å²) in [5.41, 5.74) is 3.13. The van der Waals surface area contributed by atoms with Crippen molar-refractivity contribution in [2.75, 3.05) is 11.9 Å². The minimum absolute atomic E-state index is 0.0940. The zero-order valence-electron chi connectivity index (χ0n) is 11.4. The summed E-state index contributed by atoms with van der Waals surface area (Å²) in [6, 6.07) is 4.20. The van der Waals surface area contributed by atoms with Gasteiger partial charge in [0.1, 0.15) is 0 Å². The van der Waals surface area contributed by atoms with E-state index in [0.29, 0.717) is 12.6 Å². The highest BCUT2D eigenvalue weighted by molar-refractivity contribution is 9.10. The number of aromatic nitrogens is 3. The maximum Gasteiger partial charge on any atom is 0.322 e. The van der Waals surface area contributed by atoms with E-state index in [1.165, 1.54) is 0 Å². The molecule has 0 atom stereocenters. The van der Waals surface area contributed by atoms with Crippen LogP contribution in [-0.4, -0.2) is 21.6 Å². The monoisotopic (exact) mass is 356 g/mol. The van der Waals surface area contributed by atoms with Crippen molar-refractivity contribution in [3.8, 4) is 6.01 Å². The van der Waals surface area contributed by atoms with E-state index >= 15 is 0 Å². The van der Waals surface area contributed by atoms with Crippen molar-refractivity contribution in [1.82, 2.24) is 15.0 Å². The minimum Gasteiger partial charge on any atom is -0.464 e. The Labute approximate surface area is 130 Å². The van der Waals surface area contributed by atoms with Crippen molar-refractivity contribution < 1.29 is 4.74 Å². The van der Waals surface area contributed by atoms with E-state index in [4.69, 9.17) is 16.3 Å². The normalized spacial score (nSPS) is 10.4. The molecule has 20 heavy (non-hydrogen) atoms. The number of nitrogens with one attached hydrogen (secondary N) is 1. The second-order valence-corrected chi connectivity index (χ2v) is 5.32. The molecular formula is C13H14BrClN4O. The van der Waals surface area contributed by atoms with Crippen LogP contribution in [0.2, 0.25) is 5.28 Å². The molecule has 0 radical (unpaired) electrons. The highest BCUT2D eigenvalue weighted by Gasteiger charge is 2.08. The SMILES string of the molecule is CCOc1nc(Cl)nc(Nc2cc(C)c(Br)c(C)c2)n1. The lowest BCUT2D eigenvalue weighted by Gasteiger charge is -2.10. The molecule has 0 saturated carbocycles. The van der Waals surface area contributed by atoms with Crippen molar-refractivity contribution in [2.24, 2.45) is 0 Å². The van der Waals surface area contributed by atoms with E-state index in [9.17, 15) is 0 Å². The summed E-state index contributed by atoms with van der Waals surface area (Å²) in [5, 5.41) is 3.20. The smallest absolute Gasteiger partial charge is 0.322 e. The Balaban J connectivity index is 2.30. The van der Waals surface area contributed by atoms with E-state index in [1.54, 1.807) is 0 Å². The van der Waals surface area contributed by atoms with Crippen molar-refractivity contribution >= 4 is 39.2 Å². The van der Waals surface area contributed by atoms with Gasteiger partial charge in [-0.3, -0.25) is 0 Å². The summed E-state index contributed by atoms with van der Waals surface area (Å²) in [4.78, 5) is 12.1. The van der Waals surface area contributed by atoms with Crippen molar-refractivity contribution in [3.63, 3.8) is 0 Å². The Kier molecular flexibility index (Phi) is 4.77. The van der Waals surface area contributed by atoms with Crippen LogP contribution in [-0.2, 0) is 0 Å². The van der Waals surface area contributed by atoms with Gasteiger partial charge in [-0.15, -0.1) is 0 Å². The number of hydrogen-bond acceptors (Lipinski definition) is 5. The molecule has 2 aromatic rings. The van der Waals surface area contributed by atoms with E-state index in [0.717, 1.165) is 21.3 Å². The van der Waals surface area contributed by atoms with Crippen LogP contribution < -0.4 is 10.1 Å². The molecule has 1 aromatic carbocycles. The predicted molar refractivity (Wildman–Crippen MR) is 82.9 cm³/mol. The van der Waals surface area contributed by atoms with Crippen molar-refractivity contribution in [1.29, 1.82) is 0 Å². The zero-order chi connectivity index (χ0) is 14.7. The molecule has 1 N–H and O–H groups in total. The topological polar surface area (TPSA) is 59.9 Å². The van der Waals surface area contributed by atoms with Gasteiger partial charge in [-0.1, -0.05) is 15.9 Å². The Bertz CT molecular complexity index is 613. The molecule has 1 heterocycles. The van der Waals surface area contributed by atoms with Crippen LogP contribution in [0.1, 0.15) is 18.1 Å². The number of rotatable bonds is 4. The maximum atomic E-state index is 5.85. The van der Waals surface area contributed by atoms with E-state index in [1.807, 2.05) is 32.9 Å². The molecule has 0 bridgehead atoms. The molecule has 5 nitrogen and oxygen atoms in total. The third-order valence-electron chi connectivity index (χ3n) is 2.55. The number of aryl methyl sites for hydroxylation is 2. The average molecular weight is 358 g/mol. The van der Waals surface area contributed by atoms with Gasteiger partial charge < -0.3 is 10.1 Å². The van der Waals surface area contributed by atoms with Gasteiger partial charge in [0.2, 0.25) is 11.2 Å². The quantitative estimate of drug-likeness (QED) is 0.894.